The van der Waals surface area contributed by atoms with Crippen LogP contribution >= 0.6 is 0 Å². The van der Waals surface area contributed by atoms with E-state index in [0.717, 1.165) is 32.5 Å². The minimum Gasteiger partial charge on any atom is -0.382 e. The van der Waals surface area contributed by atoms with Crippen LogP contribution in [0.4, 0.5) is 0 Å². The zero-order valence-corrected chi connectivity index (χ0v) is 8.89. The molecule has 3 heteroatoms. The Kier molecular flexibility index (Phi) is 6.56. The summed E-state index contributed by atoms with van der Waals surface area (Å²) in [6.45, 7) is 5.50. The topological polar surface area (TPSA) is 45.0 Å². The standard InChI is InChI=1S/C10H20N2O/c1-4-13-8-6-5-7-10(2,9-11)12-3/h12H,4-8H2,1-3H3. The van der Waals surface area contributed by atoms with Crippen molar-refractivity contribution in [3.8, 4) is 6.07 Å². The molecule has 1 unspecified atom stereocenters. The quantitative estimate of drug-likeness (QED) is 0.612. The predicted octanol–water partition coefficient (Wildman–Crippen LogP) is 1.69. The SMILES string of the molecule is CCOCCCCC(C)(C#N)NC. The maximum atomic E-state index is 8.84. The highest BCUT2D eigenvalue weighted by Gasteiger charge is 2.19. The van der Waals surface area contributed by atoms with E-state index < -0.39 is 0 Å². The molecule has 0 saturated heterocycles. The van der Waals surface area contributed by atoms with Crippen molar-refractivity contribution in [3.63, 3.8) is 0 Å². The number of ether oxygens (including phenoxy) is 1. The van der Waals surface area contributed by atoms with Gasteiger partial charge in [0.15, 0.2) is 0 Å². The molecule has 0 aliphatic heterocycles. The van der Waals surface area contributed by atoms with Gasteiger partial charge in [0, 0.05) is 13.2 Å². The molecule has 1 N–H and O–H groups in total. The van der Waals surface area contributed by atoms with Gasteiger partial charge in [-0.3, -0.25) is 0 Å². The van der Waals surface area contributed by atoms with Gasteiger partial charge in [0.1, 0.15) is 5.54 Å². The molecule has 0 aromatic heterocycles. The summed E-state index contributed by atoms with van der Waals surface area (Å²) in [6, 6.07) is 2.27. The Balaban J connectivity index is 3.46. The molecule has 0 radical (unpaired) electrons. The Morgan fingerprint density at radius 2 is 2.15 bits per heavy atom. The van der Waals surface area contributed by atoms with Gasteiger partial charge < -0.3 is 10.1 Å². The molecular weight excluding hydrogens is 164 g/mol. The first kappa shape index (κ1) is 12.4. The van der Waals surface area contributed by atoms with Crippen molar-refractivity contribution in [3.05, 3.63) is 0 Å². The van der Waals surface area contributed by atoms with E-state index in [1.165, 1.54) is 0 Å². The van der Waals surface area contributed by atoms with Crippen molar-refractivity contribution in [2.75, 3.05) is 20.3 Å². The summed E-state index contributed by atoms with van der Waals surface area (Å²) in [5, 5.41) is 11.9. The highest BCUT2D eigenvalue weighted by Crippen LogP contribution is 2.11. The van der Waals surface area contributed by atoms with Crippen molar-refractivity contribution < 1.29 is 4.74 Å². The fourth-order valence-electron chi connectivity index (χ4n) is 1.06. The zero-order valence-electron chi connectivity index (χ0n) is 8.89. The number of unbranched alkanes of at least 4 members (excludes halogenated alkanes) is 1. The van der Waals surface area contributed by atoms with Crippen LogP contribution in [-0.4, -0.2) is 25.8 Å². The van der Waals surface area contributed by atoms with Gasteiger partial charge in [0.25, 0.3) is 0 Å². The molecule has 0 aliphatic carbocycles. The molecule has 0 saturated carbocycles. The van der Waals surface area contributed by atoms with Crippen LogP contribution in [0.5, 0.6) is 0 Å². The van der Waals surface area contributed by atoms with Gasteiger partial charge >= 0.3 is 0 Å². The van der Waals surface area contributed by atoms with E-state index in [-0.39, 0.29) is 5.54 Å². The van der Waals surface area contributed by atoms with Crippen molar-refractivity contribution >= 4 is 0 Å². The molecule has 0 bridgehead atoms. The Morgan fingerprint density at radius 1 is 1.46 bits per heavy atom. The number of nitriles is 1. The Bertz CT molecular complexity index is 165. The van der Waals surface area contributed by atoms with Crippen molar-refractivity contribution in [1.29, 1.82) is 5.26 Å². The average Bonchev–Trinajstić information content (AvgIpc) is 2.17. The van der Waals surface area contributed by atoms with Crippen LogP contribution in [0.2, 0.25) is 0 Å². The number of hydrogen-bond donors (Lipinski definition) is 1. The number of rotatable bonds is 7. The smallest absolute Gasteiger partial charge is 0.103 e. The number of nitrogens with one attached hydrogen (secondary N) is 1. The molecule has 1 atom stereocenters. The van der Waals surface area contributed by atoms with Crippen LogP contribution in [0.15, 0.2) is 0 Å². The van der Waals surface area contributed by atoms with Crippen molar-refractivity contribution in [1.82, 2.24) is 5.32 Å². The van der Waals surface area contributed by atoms with Gasteiger partial charge in [-0.05, 0) is 40.2 Å². The van der Waals surface area contributed by atoms with Crippen molar-refractivity contribution in [2.24, 2.45) is 0 Å². The zero-order chi connectivity index (χ0) is 10.2. The summed E-state index contributed by atoms with van der Waals surface area (Å²) in [6.07, 6.45) is 2.95. The predicted molar refractivity (Wildman–Crippen MR) is 53.4 cm³/mol. The first-order valence-electron chi connectivity index (χ1n) is 4.86. The lowest BCUT2D eigenvalue weighted by molar-refractivity contribution is 0.141. The summed E-state index contributed by atoms with van der Waals surface area (Å²) in [5.74, 6) is 0. The Labute approximate surface area is 81.1 Å². The monoisotopic (exact) mass is 184 g/mol. The molecule has 0 aromatic rings. The van der Waals surface area contributed by atoms with E-state index in [9.17, 15) is 0 Å². The molecular formula is C10H20N2O. The van der Waals surface area contributed by atoms with E-state index in [1.807, 2.05) is 20.9 Å². The summed E-state index contributed by atoms with van der Waals surface area (Å²) in [5.41, 5.74) is -0.369. The fourth-order valence-corrected chi connectivity index (χ4v) is 1.06. The molecule has 76 valence electrons. The Morgan fingerprint density at radius 3 is 2.62 bits per heavy atom. The molecule has 0 aliphatic rings. The van der Waals surface area contributed by atoms with Crippen LogP contribution in [0, 0.1) is 11.3 Å². The second-order valence-electron chi connectivity index (χ2n) is 3.35. The van der Waals surface area contributed by atoms with Crippen LogP contribution < -0.4 is 5.32 Å². The minimum atomic E-state index is -0.369. The second-order valence-corrected chi connectivity index (χ2v) is 3.35. The third-order valence-electron chi connectivity index (χ3n) is 2.22. The molecule has 0 heterocycles. The van der Waals surface area contributed by atoms with Gasteiger partial charge in [0.2, 0.25) is 0 Å². The summed E-state index contributed by atoms with van der Waals surface area (Å²) < 4.78 is 5.21. The fraction of sp³-hybridized carbons (Fsp3) is 0.900. The molecule has 0 spiro atoms. The first-order valence-corrected chi connectivity index (χ1v) is 4.86. The Hall–Kier alpha value is -0.590. The van der Waals surface area contributed by atoms with Gasteiger partial charge in [-0.15, -0.1) is 0 Å². The first-order chi connectivity index (χ1) is 6.18. The van der Waals surface area contributed by atoms with Gasteiger partial charge in [-0.1, -0.05) is 0 Å². The average molecular weight is 184 g/mol. The maximum absolute atomic E-state index is 8.84. The lowest BCUT2D eigenvalue weighted by Crippen LogP contribution is -2.37. The number of nitrogens with zero attached hydrogens (tertiary/aromatic N) is 1. The highest BCUT2D eigenvalue weighted by atomic mass is 16.5. The molecule has 0 aromatic carbocycles. The van der Waals surface area contributed by atoms with E-state index in [0.29, 0.717) is 0 Å². The summed E-state index contributed by atoms with van der Waals surface area (Å²) in [4.78, 5) is 0. The highest BCUT2D eigenvalue weighted by molar-refractivity contribution is 5.02. The lowest BCUT2D eigenvalue weighted by Gasteiger charge is -2.20. The van der Waals surface area contributed by atoms with E-state index in [4.69, 9.17) is 10.00 Å². The normalized spacial score (nSPS) is 14.9. The second kappa shape index (κ2) is 6.88. The van der Waals surface area contributed by atoms with E-state index in [2.05, 4.69) is 11.4 Å². The maximum Gasteiger partial charge on any atom is 0.103 e. The summed E-state index contributed by atoms with van der Waals surface area (Å²) in [7, 11) is 1.83. The molecule has 0 amide bonds. The summed E-state index contributed by atoms with van der Waals surface area (Å²) >= 11 is 0. The van der Waals surface area contributed by atoms with Gasteiger partial charge in [-0.25, -0.2) is 0 Å². The van der Waals surface area contributed by atoms with E-state index in [1.54, 1.807) is 0 Å². The molecule has 0 fully saturated rings. The van der Waals surface area contributed by atoms with Crippen LogP contribution in [-0.2, 0) is 4.74 Å². The van der Waals surface area contributed by atoms with Gasteiger partial charge in [-0.2, -0.15) is 5.26 Å². The molecule has 0 rings (SSSR count). The lowest BCUT2D eigenvalue weighted by atomic mass is 9.97. The molecule has 3 nitrogen and oxygen atoms in total. The van der Waals surface area contributed by atoms with Crippen LogP contribution in [0.1, 0.15) is 33.1 Å². The van der Waals surface area contributed by atoms with Crippen molar-refractivity contribution in [2.45, 2.75) is 38.6 Å². The van der Waals surface area contributed by atoms with Crippen LogP contribution in [0.3, 0.4) is 0 Å². The van der Waals surface area contributed by atoms with Crippen LogP contribution in [0.25, 0.3) is 0 Å². The largest absolute Gasteiger partial charge is 0.382 e. The van der Waals surface area contributed by atoms with Gasteiger partial charge in [0.05, 0.1) is 6.07 Å². The molecule has 13 heavy (non-hydrogen) atoms. The minimum absolute atomic E-state index is 0.369. The third-order valence-corrected chi connectivity index (χ3v) is 2.22. The number of hydrogen-bond acceptors (Lipinski definition) is 3. The van der Waals surface area contributed by atoms with E-state index >= 15 is 0 Å². The third kappa shape index (κ3) is 5.62.